The second-order valence-electron chi connectivity index (χ2n) is 4.73. The fourth-order valence-corrected chi connectivity index (χ4v) is 2.08. The topological polar surface area (TPSA) is 66.4 Å². The van der Waals surface area contributed by atoms with Crippen molar-refractivity contribution >= 4 is 11.9 Å². The van der Waals surface area contributed by atoms with E-state index in [2.05, 4.69) is 5.32 Å². The Bertz CT molecular complexity index is 247. The highest BCUT2D eigenvalue weighted by Gasteiger charge is 2.17. The third kappa shape index (κ3) is 4.64. The number of carboxylic acids is 1. The van der Waals surface area contributed by atoms with E-state index in [1.54, 1.807) is 6.92 Å². The van der Waals surface area contributed by atoms with E-state index in [0.717, 1.165) is 6.42 Å². The van der Waals surface area contributed by atoms with Crippen LogP contribution in [0.3, 0.4) is 0 Å². The van der Waals surface area contributed by atoms with Crippen LogP contribution in [-0.2, 0) is 9.59 Å². The number of carbonyl (C=O) groups is 2. The molecule has 4 heteroatoms. The Morgan fingerprint density at radius 3 is 2.56 bits per heavy atom. The summed E-state index contributed by atoms with van der Waals surface area (Å²) in [6, 6.07) is 0. The number of carbonyl (C=O) groups excluding carboxylic acids is 1. The second-order valence-corrected chi connectivity index (χ2v) is 4.73. The average Bonchev–Trinajstić information content (AvgIpc) is 2.75. The quantitative estimate of drug-likeness (QED) is 0.727. The van der Waals surface area contributed by atoms with E-state index >= 15 is 0 Å². The van der Waals surface area contributed by atoms with Gasteiger partial charge in [-0.2, -0.15) is 0 Å². The van der Waals surface area contributed by atoms with Crippen molar-refractivity contribution in [2.45, 2.75) is 45.4 Å². The number of hydrogen-bond acceptors (Lipinski definition) is 2. The zero-order valence-electron chi connectivity index (χ0n) is 9.87. The zero-order chi connectivity index (χ0) is 12.0. The van der Waals surface area contributed by atoms with Gasteiger partial charge in [0.1, 0.15) is 0 Å². The maximum absolute atomic E-state index is 11.4. The maximum atomic E-state index is 11.4. The lowest BCUT2D eigenvalue weighted by Gasteiger charge is -2.10. The van der Waals surface area contributed by atoms with E-state index in [-0.39, 0.29) is 12.5 Å². The summed E-state index contributed by atoms with van der Waals surface area (Å²) >= 11 is 0. The van der Waals surface area contributed by atoms with Crippen LogP contribution in [0.5, 0.6) is 0 Å². The molecule has 0 spiro atoms. The first-order valence-electron chi connectivity index (χ1n) is 6.09. The largest absolute Gasteiger partial charge is 0.481 e. The lowest BCUT2D eigenvalue weighted by molar-refractivity contribution is -0.141. The van der Waals surface area contributed by atoms with Crippen LogP contribution in [0.1, 0.15) is 45.4 Å². The van der Waals surface area contributed by atoms with Crippen LogP contribution in [0, 0.1) is 11.8 Å². The number of carboxylic acid groups (broad SMARTS) is 1. The van der Waals surface area contributed by atoms with Gasteiger partial charge in [0.2, 0.25) is 5.91 Å². The SMILES string of the molecule is CC(CNC(=O)CCC1CCCC1)C(=O)O. The van der Waals surface area contributed by atoms with Gasteiger partial charge in [-0.3, -0.25) is 9.59 Å². The van der Waals surface area contributed by atoms with Crippen LogP contribution >= 0.6 is 0 Å². The number of hydrogen-bond donors (Lipinski definition) is 2. The van der Waals surface area contributed by atoms with Crippen molar-refractivity contribution in [3.05, 3.63) is 0 Å². The molecule has 1 atom stereocenters. The third-order valence-corrected chi connectivity index (χ3v) is 3.28. The number of rotatable bonds is 6. The fraction of sp³-hybridized carbons (Fsp3) is 0.833. The molecule has 0 bridgehead atoms. The summed E-state index contributed by atoms with van der Waals surface area (Å²) in [5.74, 6) is -0.672. The first kappa shape index (κ1) is 13.0. The fourth-order valence-electron chi connectivity index (χ4n) is 2.08. The van der Waals surface area contributed by atoms with Crippen molar-refractivity contribution in [1.82, 2.24) is 5.32 Å². The Balaban J connectivity index is 2.08. The smallest absolute Gasteiger partial charge is 0.308 e. The van der Waals surface area contributed by atoms with Crippen LogP contribution in [0.4, 0.5) is 0 Å². The van der Waals surface area contributed by atoms with Gasteiger partial charge in [-0.1, -0.05) is 32.6 Å². The van der Waals surface area contributed by atoms with Crippen molar-refractivity contribution < 1.29 is 14.7 Å². The van der Waals surface area contributed by atoms with Crippen LogP contribution in [-0.4, -0.2) is 23.5 Å². The molecule has 4 nitrogen and oxygen atoms in total. The van der Waals surface area contributed by atoms with E-state index in [9.17, 15) is 9.59 Å². The first-order valence-corrected chi connectivity index (χ1v) is 6.09. The third-order valence-electron chi connectivity index (χ3n) is 3.28. The molecule has 1 saturated carbocycles. The molecular weight excluding hydrogens is 206 g/mol. The van der Waals surface area contributed by atoms with Crippen molar-refractivity contribution in [3.63, 3.8) is 0 Å². The van der Waals surface area contributed by atoms with Gasteiger partial charge in [-0.25, -0.2) is 0 Å². The molecule has 1 amide bonds. The average molecular weight is 227 g/mol. The zero-order valence-corrected chi connectivity index (χ0v) is 9.87. The highest BCUT2D eigenvalue weighted by molar-refractivity contribution is 5.77. The van der Waals surface area contributed by atoms with Gasteiger partial charge < -0.3 is 10.4 Å². The van der Waals surface area contributed by atoms with Crippen LogP contribution in [0.2, 0.25) is 0 Å². The van der Waals surface area contributed by atoms with Gasteiger partial charge in [-0.05, 0) is 12.3 Å². The molecule has 0 aromatic carbocycles. The molecule has 0 radical (unpaired) electrons. The summed E-state index contributed by atoms with van der Waals surface area (Å²) in [6.45, 7) is 1.83. The van der Waals surface area contributed by atoms with Gasteiger partial charge in [0.05, 0.1) is 5.92 Å². The molecule has 2 N–H and O–H groups in total. The lowest BCUT2D eigenvalue weighted by atomic mass is 10.0. The molecule has 92 valence electrons. The number of nitrogens with one attached hydrogen (secondary N) is 1. The Hall–Kier alpha value is -1.06. The van der Waals surface area contributed by atoms with Gasteiger partial charge in [0.25, 0.3) is 0 Å². The Kier molecular flexibility index (Phi) is 5.29. The molecule has 0 heterocycles. The van der Waals surface area contributed by atoms with Crippen LogP contribution in [0.15, 0.2) is 0 Å². The Morgan fingerprint density at radius 1 is 1.38 bits per heavy atom. The van der Waals surface area contributed by atoms with Crippen LogP contribution < -0.4 is 5.32 Å². The summed E-state index contributed by atoms with van der Waals surface area (Å²) < 4.78 is 0. The van der Waals surface area contributed by atoms with Crippen molar-refractivity contribution in [1.29, 1.82) is 0 Å². The highest BCUT2D eigenvalue weighted by Crippen LogP contribution is 2.28. The van der Waals surface area contributed by atoms with Gasteiger partial charge in [0.15, 0.2) is 0 Å². The minimum atomic E-state index is -0.865. The monoisotopic (exact) mass is 227 g/mol. The van der Waals surface area contributed by atoms with Gasteiger partial charge >= 0.3 is 5.97 Å². The Labute approximate surface area is 96.4 Å². The van der Waals surface area contributed by atoms with Gasteiger partial charge in [0, 0.05) is 13.0 Å². The molecule has 1 aliphatic carbocycles. The van der Waals surface area contributed by atoms with E-state index in [1.165, 1.54) is 25.7 Å². The van der Waals surface area contributed by atoms with E-state index in [4.69, 9.17) is 5.11 Å². The summed E-state index contributed by atoms with van der Waals surface area (Å²) in [6.07, 6.45) is 6.58. The summed E-state index contributed by atoms with van der Waals surface area (Å²) in [5, 5.41) is 11.3. The highest BCUT2D eigenvalue weighted by atomic mass is 16.4. The summed E-state index contributed by atoms with van der Waals surface area (Å²) in [4.78, 5) is 22.0. The Morgan fingerprint density at radius 2 is 2.00 bits per heavy atom. The predicted octanol–water partition coefficient (Wildman–Crippen LogP) is 1.79. The number of aliphatic carboxylic acids is 1. The van der Waals surface area contributed by atoms with Crippen molar-refractivity contribution in [2.75, 3.05) is 6.54 Å². The lowest BCUT2D eigenvalue weighted by Crippen LogP contribution is -2.31. The standard InChI is InChI=1S/C12H21NO3/c1-9(12(15)16)8-13-11(14)7-6-10-4-2-3-5-10/h9-10H,2-8H2,1H3,(H,13,14)(H,15,16). The summed E-state index contributed by atoms with van der Waals surface area (Å²) in [7, 11) is 0. The predicted molar refractivity (Wildman–Crippen MR) is 61.0 cm³/mol. The molecule has 1 rings (SSSR count). The van der Waals surface area contributed by atoms with Crippen LogP contribution in [0.25, 0.3) is 0 Å². The minimum Gasteiger partial charge on any atom is -0.481 e. The second kappa shape index (κ2) is 6.51. The molecular formula is C12H21NO3. The molecule has 0 aromatic heterocycles. The van der Waals surface area contributed by atoms with Gasteiger partial charge in [-0.15, -0.1) is 0 Å². The van der Waals surface area contributed by atoms with Crippen molar-refractivity contribution in [3.8, 4) is 0 Å². The van der Waals surface area contributed by atoms with Crippen molar-refractivity contribution in [2.24, 2.45) is 11.8 Å². The molecule has 0 saturated heterocycles. The normalized spacial score (nSPS) is 18.3. The van der Waals surface area contributed by atoms with E-state index in [1.807, 2.05) is 0 Å². The number of amides is 1. The maximum Gasteiger partial charge on any atom is 0.308 e. The summed E-state index contributed by atoms with van der Waals surface area (Å²) in [5.41, 5.74) is 0. The minimum absolute atomic E-state index is 0.0139. The van der Waals surface area contributed by atoms with E-state index in [0.29, 0.717) is 12.3 Å². The molecule has 1 unspecified atom stereocenters. The first-order chi connectivity index (χ1) is 7.59. The molecule has 16 heavy (non-hydrogen) atoms. The molecule has 1 aliphatic rings. The molecule has 0 aromatic rings. The van der Waals surface area contributed by atoms with E-state index < -0.39 is 11.9 Å². The molecule has 0 aliphatic heterocycles. The molecule has 1 fully saturated rings.